The van der Waals surface area contributed by atoms with Crippen molar-refractivity contribution < 1.29 is 4.74 Å². The van der Waals surface area contributed by atoms with E-state index in [4.69, 9.17) is 51.1 Å². The lowest BCUT2D eigenvalue weighted by atomic mass is 10.1. The van der Waals surface area contributed by atoms with Gasteiger partial charge in [0.25, 0.3) is 0 Å². The number of hydrogen-bond acceptors (Lipinski definition) is 1. The van der Waals surface area contributed by atoms with Gasteiger partial charge in [0.1, 0.15) is 10.8 Å². The van der Waals surface area contributed by atoms with Gasteiger partial charge in [-0.1, -0.05) is 52.5 Å². The first-order valence-electron chi connectivity index (χ1n) is 5.01. The van der Waals surface area contributed by atoms with Crippen LogP contribution in [0, 0.1) is 0 Å². The minimum Gasteiger partial charge on any atom is -0.495 e. The largest absolute Gasteiger partial charge is 0.495 e. The summed E-state index contributed by atoms with van der Waals surface area (Å²) in [6.07, 6.45) is 0. The van der Waals surface area contributed by atoms with Gasteiger partial charge in [-0.05, 0) is 35.4 Å². The Bertz CT molecular complexity index is 596. The molecule has 0 atom stereocenters. The molecular formula is C13H8Cl4O. The molecule has 0 aliphatic heterocycles. The summed E-state index contributed by atoms with van der Waals surface area (Å²) < 4.78 is 5.17. The van der Waals surface area contributed by atoms with Crippen LogP contribution in [-0.4, -0.2) is 7.11 Å². The molecule has 18 heavy (non-hydrogen) atoms. The second-order valence-corrected chi connectivity index (χ2v) is 5.20. The summed E-state index contributed by atoms with van der Waals surface area (Å²) in [6, 6.07) is 8.91. The van der Waals surface area contributed by atoms with E-state index in [1.807, 2.05) is 6.07 Å². The van der Waals surface area contributed by atoms with E-state index in [0.717, 1.165) is 11.1 Å². The number of rotatable bonds is 2. The average Bonchev–Trinajstić information content (AvgIpc) is 2.36. The molecular weight excluding hydrogens is 314 g/mol. The van der Waals surface area contributed by atoms with Gasteiger partial charge in [0.15, 0.2) is 0 Å². The normalized spacial score (nSPS) is 10.5. The Kier molecular flexibility index (Phi) is 4.29. The van der Waals surface area contributed by atoms with E-state index in [1.165, 1.54) is 7.11 Å². The summed E-state index contributed by atoms with van der Waals surface area (Å²) in [5.41, 5.74) is 1.75. The SMILES string of the molecule is COc1cc(-c2ccc(Cl)c(Cl)c2)cc(Cl)c1Cl. The Hall–Kier alpha value is -0.600. The molecule has 0 saturated carbocycles. The molecule has 0 amide bonds. The molecule has 5 heteroatoms. The third-order valence-corrected chi connectivity index (χ3v) is 3.99. The van der Waals surface area contributed by atoms with Gasteiger partial charge >= 0.3 is 0 Å². The zero-order valence-electron chi connectivity index (χ0n) is 9.31. The van der Waals surface area contributed by atoms with E-state index in [2.05, 4.69) is 0 Å². The Labute approximate surface area is 125 Å². The van der Waals surface area contributed by atoms with Crippen molar-refractivity contribution in [1.82, 2.24) is 0 Å². The highest BCUT2D eigenvalue weighted by atomic mass is 35.5. The molecule has 2 aromatic carbocycles. The first-order chi connectivity index (χ1) is 8.52. The average molecular weight is 322 g/mol. The Balaban J connectivity index is 2.57. The molecule has 0 bridgehead atoms. The topological polar surface area (TPSA) is 9.23 Å². The third kappa shape index (κ3) is 2.70. The van der Waals surface area contributed by atoms with E-state index < -0.39 is 0 Å². The smallest absolute Gasteiger partial charge is 0.139 e. The van der Waals surface area contributed by atoms with Crippen molar-refractivity contribution in [2.75, 3.05) is 7.11 Å². The number of hydrogen-bond donors (Lipinski definition) is 0. The zero-order chi connectivity index (χ0) is 13.3. The molecule has 0 heterocycles. The van der Waals surface area contributed by atoms with E-state index in [0.29, 0.717) is 25.8 Å². The molecule has 0 aromatic heterocycles. The predicted octanol–water partition coefficient (Wildman–Crippen LogP) is 5.98. The van der Waals surface area contributed by atoms with Crippen LogP contribution in [0.1, 0.15) is 0 Å². The van der Waals surface area contributed by atoms with Crippen LogP contribution in [0.25, 0.3) is 11.1 Å². The summed E-state index contributed by atoms with van der Waals surface area (Å²) >= 11 is 23.9. The highest BCUT2D eigenvalue weighted by Gasteiger charge is 2.10. The molecule has 0 aliphatic carbocycles. The maximum atomic E-state index is 6.05. The lowest BCUT2D eigenvalue weighted by Crippen LogP contribution is -1.87. The number of halogens is 4. The van der Waals surface area contributed by atoms with Gasteiger partial charge in [-0.3, -0.25) is 0 Å². The van der Waals surface area contributed by atoms with Gasteiger partial charge in [0, 0.05) is 0 Å². The van der Waals surface area contributed by atoms with Gasteiger partial charge in [-0.2, -0.15) is 0 Å². The minimum atomic E-state index is 0.392. The van der Waals surface area contributed by atoms with Gasteiger partial charge in [-0.25, -0.2) is 0 Å². The maximum Gasteiger partial charge on any atom is 0.139 e. The molecule has 2 rings (SSSR count). The number of ether oxygens (including phenoxy) is 1. The summed E-state index contributed by atoms with van der Waals surface area (Å²) in [5, 5.41) is 1.81. The molecule has 0 spiro atoms. The molecule has 0 fully saturated rings. The van der Waals surface area contributed by atoms with Gasteiger partial charge in [0.2, 0.25) is 0 Å². The number of methoxy groups -OCH3 is 1. The van der Waals surface area contributed by atoms with Crippen molar-refractivity contribution in [3.8, 4) is 16.9 Å². The van der Waals surface area contributed by atoms with Crippen LogP contribution in [0.4, 0.5) is 0 Å². The molecule has 2 aromatic rings. The fraction of sp³-hybridized carbons (Fsp3) is 0.0769. The summed E-state index contributed by atoms with van der Waals surface area (Å²) in [4.78, 5) is 0. The van der Waals surface area contributed by atoms with Crippen molar-refractivity contribution >= 4 is 46.4 Å². The Morgan fingerprint density at radius 3 is 2.06 bits per heavy atom. The first-order valence-corrected chi connectivity index (χ1v) is 6.52. The van der Waals surface area contributed by atoms with Crippen molar-refractivity contribution in [1.29, 1.82) is 0 Å². The third-order valence-electron chi connectivity index (χ3n) is 2.47. The molecule has 1 nitrogen and oxygen atoms in total. The molecule has 0 N–H and O–H groups in total. The maximum absolute atomic E-state index is 6.05. The van der Waals surface area contributed by atoms with Gasteiger partial charge < -0.3 is 4.74 Å². The highest BCUT2D eigenvalue weighted by Crippen LogP contribution is 2.38. The van der Waals surface area contributed by atoms with E-state index in [1.54, 1.807) is 24.3 Å². The van der Waals surface area contributed by atoms with Crippen LogP contribution < -0.4 is 4.74 Å². The van der Waals surface area contributed by atoms with E-state index in [-0.39, 0.29) is 0 Å². The quantitative estimate of drug-likeness (QED) is 0.661. The lowest BCUT2D eigenvalue weighted by molar-refractivity contribution is 0.415. The Morgan fingerprint density at radius 2 is 1.44 bits per heavy atom. The van der Waals surface area contributed by atoms with Crippen LogP contribution in [0.15, 0.2) is 30.3 Å². The molecule has 0 radical (unpaired) electrons. The molecule has 94 valence electrons. The van der Waals surface area contributed by atoms with Crippen LogP contribution in [0.5, 0.6) is 5.75 Å². The van der Waals surface area contributed by atoms with Crippen molar-refractivity contribution in [2.45, 2.75) is 0 Å². The summed E-state index contributed by atoms with van der Waals surface area (Å²) in [7, 11) is 1.54. The number of benzene rings is 2. The van der Waals surface area contributed by atoms with Crippen LogP contribution >= 0.6 is 46.4 Å². The predicted molar refractivity (Wildman–Crippen MR) is 78.5 cm³/mol. The molecule has 0 saturated heterocycles. The summed E-state index contributed by atoms with van der Waals surface area (Å²) in [5.74, 6) is 0.519. The van der Waals surface area contributed by atoms with Gasteiger partial charge in [0.05, 0.1) is 22.2 Å². The highest BCUT2D eigenvalue weighted by molar-refractivity contribution is 6.43. The van der Waals surface area contributed by atoms with Gasteiger partial charge in [-0.15, -0.1) is 0 Å². The van der Waals surface area contributed by atoms with Crippen LogP contribution in [0.2, 0.25) is 20.1 Å². The van der Waals surface area contributed by atoms with E-state index in [9.17, 15) is 0 Å². The van der Waals surface area contributed by atoms with E-state index >= 15 is 0 Å². The van der Waals surface area contributed by atoms with Crippen molar-refractivity contribution in [3.05, 3.63) is 50.4 Å². The second-order valence-electron chi connectivity index (χ2n) is 3.60. The van der Waals surface area contributed by atoms with Crippen LogP contribution in [0.3, 0.4) is 0 Å². The summed E-state index contributed by atoms with van der Waals surface area (Å²) in [6.45, 7) is 0. The molecule has 0 aliphatic rings. The fourth-order valence-corrected chi connectivity index (χ4v) is 2.25. The van der Waals surface area contributed by atoms with Crippen molar-refractivity contribution in [3.63, 3.8) is 0 Å². The first kappa shape index (κ1) is 13.8. The Morgan fingerprint density at radius 1 is 0.778 bits per heavy atom. The minimum absolute atomic E-state index is 0.392. The molecule has 0 unspecified atom stereocenters. The van der Waals surface area contributed by atoms with Crippen molar-refractivity contribution in [2.24, 2.45) is 0 Å². The zero-order valence-corrected chi connectivity index (χ0v) is 12.3. The fourth-order valence-electron chi connectivity index (χ4n) is 1.55. The monoisotopic (exact) mass is 320 g/mol. The standard InChI is InChI=1S/C13H8Cl4O/c1-18-12-6-8(5-11(16)13(12)17)7-2-3-9(14)10(15)4-7/h2-6H,1H3. The van der Waals surface area contributed by atoms with Crippen LogP contribution in [-0.2, 0) is 0 Å². The second kappa shape index (κ2) is 5.58. The lowest BCUT2D eigenvalue weighted by Gasteiger charge is -2.09.